The zero-order valence-electron chi connectivity index (χ0n) is 11.3. The molecule has 17 heavy (non-hydrogen) atoms. The van der Waals surface area contributed by atoms with Crippen molar-refractivity contribution in [2.24, 2.45) is 5.92 Å². The van der Waals surface area contributed by atoms with Crippen LogP contribution in [0.5, 0.6) is 0 Å². The second-order valence-corrected chi connectivity index (χ2v) is 6.48. The molecule has 2 unspecified atom stereocenters. The fraction of sp³-hybridized carbons (Fsp3) is 0.786. The topological polar surface area (TPSA) is 24.9 Å². The molecule has 0 spiro atoms. The molecular weight excluding hydrogens is 228 g/mol. The first-order valence-electron chi connectivity index (χ1n) is 6.87. The SMILES string of the molecule is CCC1CCCCC1NCc1nc(C)c(C)s1. The molecule has 2 rings (SSSR count). The van der Waals surface area contributed by atoms with Crippen LogP contribution in [0.25, 0.3) is 0 Å². The van der Waals surface area contributed by atoms with Gasteiger partial charge in [0.15, 0.2) is 0 Å². The second kappa shape index (κ2) is 5.96. The Hall–Kier alpha value is -0.410. The molecule has 1 aromatic heterocycles. The third-order valence-corrected chi connectivity index (χ3v) is 5.09. The van der Waals surface area contributed by atoms with E-state index in [2.05, 4.69) is 31.1 Å². The van der Waals surface area contributed by atoms with Crippen LogP contribution in [0.15, 0.2) is 0 Å². The minimum atomic E-state index is 0.721. The third kappa shape index (κ3) is 3.29. The van der Waals surface area contributed by atoms with Crippen molar-refractivity contribution in [2.75, 3.05) is 0 Å². The van der Waals surface area contributed by atoms with Crippen LogP contribution in [-0.2, 0) is 6.54 Å². The fourth-order valence-corrected chi connectivity index (χ4v) is 3.68. The highest BCUT2D eigenvalue weighted by Crippen LogP contribution is 2.27. The van der Waals surface area contributed by atoms with Crippen LogP contribution in [0.3, 0.4) is 0 Å². The van der Waals surface area contributed by atoms with Gasteiger partial charge in [0.05, 0.1) is 5.69 Å². The second-order valence-electron chi connectivity index (χ2n) is 5.19. The predicted octanol–water partition coefficient (Wildman–Crippen LogP) is 3.82. The minimum Gasteiger partial charge on any atom is -0.307 e. The van der Waals surface area contributed by atoms with Crippen LogP contribution in [-0.4, -0.2) is 11.0 Å². The van der Waals surface area contributed by atoms with Crippen LogP contribution in [0, 0.1) is 19.8 Å². The lowest BCUT2D eigenvalue weighted by molar-refractivity contribution is 0.254. The highest BCUT2D eigenvalue weighted by atomic mass is 32.1. The van der Waals surface area contributed by atoms with E-state index >= 15 is 0 Å². The number of aromatic nitrogens is 1. The number of thiazole rings is 1. The van der Waals surface area contributed by atoms with Gasteiger partial charge in [0.2, 0.25) is 0 Å². The van der Waals surface area contributed by atoms with Gasteiger partial charge in [0.1, 0.15) is 5.01 Å². The lowest BCUT2D eigenvalue weighted by Gasteiger charge is -2.31. The average molecular weight is 252 g/mol. The molecule has 1 aliphatic rings. The molecule has 1 aliphatic carbocycles. The zero-order chi connectivity index (χ0) is 12.3. The monoisotopic (exact) mass is 252 g/mol. The first-order chi connectivity index (χ1) is 8.20. The van der Waals surface area contributed by atoms with E-state index in [1.165, 1.54) is 47.7 Å². The predicted molar refractivity (Wildman–Crippen MR) is 74.5 cm³/mol. The quantitative estimate of drug-likeness (QED) is 0.881. The molecule has 0 saturated heterocycles. The molecule has 1 saturated carbocycles. The summed E-state index contributed by atoms with van der Waals surface area (Å²) in [5, 5.41) is 4.98. The van der Waals surface area contributed by atoms with E-state index in [1.807, 2.05) is 11.3 Å². The highest BCUT2D eigenvalue weighted by molar-refractivity contribution is 7.11. The van der Waals surface area contributed by atoms with Gasteiger partial charge in [-0.25, -0.2) is 4.98 Å². The Kier molecular flexibility index (Phi) is 4.57. The van der Waals surface area contributed by atoms with E-state index in [4.69, 9.17) is 0 Å². The van der Waals surface area contributed by atoms with Crippen molar-refractivity contribution in [2.45, 2.75) is 65.5 Å². The van der Waals surface area contributed by atoms with Crippen molar-refractivity contribution in [1.29, 1.82) is 0 Å². The molecule has 1 aromatic rings. The Labute approximate surface area is 109 Å². The van der Waals surface area contributed by atoms with Crippen molar-refractivity contribution in [3.8, 4) is 0 Å². The molecule has 96 valence electrons. The molecule has 2 atom stereocenters. The molecule has 0 aliphatic heterocycles. The number of aryl methyl sites for hydroxylation is 2. The van der Waals surface area contributed by atoms with Gasteiger partial charge in [-0.15, -0.1) is 11.3 Å². The summed E-state index contributed by atoms with van der Waals surface area (Å²) >= 11 is 1.84. The van der Waals surface area contributed by atoms with Crippen molar-refractivity contribution in [3.63, 3.8) is 0 Å². The van der Waals surface area contributed by atoms with Crippen molar-refractivity contribution < 1.29 is 0 Å². The van der Waals surface area contributed by atoms with Crippen molar-refractivity contribution in [1.82, 2.24) is 10.3 Å². The first-order valence-corrected chi connectivity index (χ1v) is 7.68. The van der Waals surface area contributed by atoms with Crippen LogP contribution >= 0.6 is 11.3 Å². The van der Waals surface area contributed by atoms with Crippen LogP contribution < -0.4 is 5.32 Å². The van der Waals surface area contributed by atoms with Gasteiger partial charge in [0, 0.05) is 17.5 Å². The Balaban J connectivity index is 1.88. The van der Waals surface area contributed by atoms with E-state index in [0.717, 1.165) is 18.5 Å². The lowest BCUT2D eigenvalue weighted by atomic mass is 9.83. The van der Waals surface area contributed by atoms with Gasteiger partial charge in [0.25, 0.3) is 0 Å². The number of hydrogen-bond acceptors (Lipinski definition) is 3. The van der Waals surface area contributed by atoms with E-state index in [9.17, 15) is 0 Å². The van der Waals surface area contributed by atoms with E-state index in [1.54, 1.807) is 0 Å². The summed E-state index contributed by atoms with van der Waals surface area (Å²) in [5.41, 5.74) is 1.20. The molecule has 2 nitrogen and oxygen atoms in total. The number of nitrogens with zero attached hydrogens (tertiary/aromatic N) is 1. The summed E-state index contributed by atoms with van der Waals surface area (Å²) < 4.78 is 0. The first kappa shape index (κ1) is 13.0. The van der Waals surface area contributed by atoms with Crippen molar-refractivity contribution in [3.05, 3.63) is 15.6 Å². The Morgan fingerprint density at radius 2 is 2.06 bits per heavy atom. The molecule has 3 heteroatoms. The number of hydrogen-bond donors (Lipinski definition) is 1. The highest BCUT2D eigenvalue weighted by Gasteiger charge is 2.23. The Bertz CT molecular complexity index is 340. The third-order valence-electron chi connectivity index (χ3n) is 4.02. The van der Waals surface area contributed by atoms with Gasteiger partial charge < -0.3 is 5.32 Å². The maximum atomic E-state index is 4.60. The summed E-state index contributed by atoms with van der Waals surface area (Å²) in [6.45, 7) is 7.54. The standard InChI is InChI=1S/C14H24N2S/c1-4-12-7-5-6-8-13(12)15-9-14-16-10(2)11(3)17-14/h12-13,15H,4-9H2,1-3H3. The van der Waals surface area contributed by atoms with Gasteiger partial charge in [-0.05, 0) is 32.6 Å². The molecule has 1 N–H and O–H groups in total. The number of rotatable bonds is 4. The minimum absolute atomic E-state index is 0.721. The molecule has 1 heterocycles. The normalized spacial score (nSPS) is 25.1. The van der Waals surface area contributed by atoms with Gasteiger partial charge in [-0.3, -0.25) is 0 Å². The summed E-state index contributed by atoms with van der Waals surface area (Å²) in [7, 11) is 0. The maximum Gasteiger partial charge on any atom is 0.107 e. The van der Waals surface area contributed by atoms with Crippen LogP contribution in [0.2, 0.25) is 0 Å². The van der Waals surface area contributed by atoms with E-state index in [-0.39, 0.29) is 0 Å². The maximum absolute atomic E-state index is 4.60. The molecule has 1 fully saturated rings. The molecule has 0 radical (unpaired) electrons. The average Bonchev–Trinajstić information content (AvgIpc) is 2.66. The van der Waals surface area contributed by atoms with Crippen molar-refractivity contribution >= 4 is 11.3 Å². The van der Waals surface area contributed by atoms with Crippen LogP contribution in [0.1, 0.15) is 54.6 Å². The Morgan fingerprint density at radius 3 is 2.71 bits per heavy atom. The zero-order valence-corrected chi connectivity index (χ0v) is 12.1. The number of nitrogens with one attached hydrogen (secondary N) is 1. The molecule has 0 amide bonds. The van der Waals surface area contributed by atoms with E-state index < -0.39 is 0 Å². The summed E-state index contributed by atoms with van der Waals surface area (Å²) in [5.74, 6) is 0.880. The lowest BCUT2D eigenvalue weighted by Crippen LogP contribution is -2.37. The summed E-state index contributed by atoms with van der Waals surface area (Å²) in [4.78, 5) is 5.96. The Morgan fingerprint density at radius 1 is 1.29 bits per heavy atom. The summed E-state index contributed by atoms with van der Waals surface area (Å²) in [6, 6.07) is 0.721. The fourth-order valence-electron chi connectivity index (χ4n) is 2.80. The van der Waals surface area contributed by atoms with Gasteiger partial charge in [-0.2, -0.15) is 0 Å². The van der Waals surface area contributed by atoms with Gasteiger partial charge in [-0.1, -0.05) is 26.2 Å². The van der Waals surface area contributed by atoms with Crippen LogP contribution in [0.4, 0.5) is 0 Å². The largest absolute Gasteiger partial charge is 0.307 e. The van der Waals surface area contributed by atoms with E-state index in [0.29, 0.717) is 0 Å². The van der Waals surface area contributed by atoms with Gasteiger partial charge >= 0.3 is 0 Å². The smallest absolute Gasteiger partial charge is 0.107 e. The molecule has 0 aromatic carbocycles. The molecular formula is C14H24N2S. The molecule has 0 bridgehead atoms. The summed E-state index contributed by atoms with van der Waals surface area (Å²) in [6.07, 6.45) is 6.88.